The van der Waals surface area contributed by atoms with Crippen LogP contribution in [0.4, 0.5) is 16.2 Å². The lowest BCUT2D eigenvalue weighted by Crippen LogP contribution is -2.41. The first kappa shape index (κ1) is 37.8. The second-order valence-electron chi connectivity index (χ2n) is 16.1. The number of carbonyl (C=O) groups is 2. The maximum Gasteiger partial charge on any atom is 0.410 e. The minimum absolute atomic E-state index is 0.188. The third-order valence-corrected chi connectivity index (χ3v) is 10.0. The Kier molecular flexibility index (Phi) is 10.1. The van der Waals surface area contributed by atoms with E-state index in [0.717, 1.165) is 54.3 Å². The van der Waals surface area contributed by atoms with E-state index in [2.05, 4.69) is 25.0 Å². The average molecular weight is 747 g/mol. The van der Waals surface area contributed by atoms with E-state index in [0.29, 0.717) is 41.8 Å². The van der Waals surface area contributed by atoms with Gasteiger partial charge in [-0.05, 0) is 94.2 Å². The highest BCUT2D eigenvalue weighted by Gasteiger charge is 2.35. The zero-order valence-electron chi connectivity index (χ0n) is 32.0. The van der Waals surface area contributed by atoms with Crippen molar-refractivity contribution >= 4 is 33.4 Å². The first-order valence-corrected chi connectivity index (χ1v) is 19.8. The van der Waals surface area contributed by atoms with Crippen molar-refractivity contribution in [1.29, 1.82) is 0 Å². The summed E-state index contributed by atoms with van der Waals surface area (Å²) < 4.78 is 41.9. The Morgan fingerprint density at radius 1 is 0.962 bits per heavy atom. The minimum atomic E-state index is -3.63. The summed E-state index contributed by atoms with van der Waals surface area (Å²) in [6, 6.07) is 9.19. The van der Waals surface area contributed by atoms with Gasteiger partial charge < -0.3 is 19.7 Å². The van der Waals surface area contributed by atoms with Gasteiger partial charge in [0.05, 0.1) is 54.6 Å². The van der Waals surface area contributed by atoms with Crippen LogP contribution in [-0.4, -0.2) is 82.1 Å². The maximum atomic E-state index is 13.8. The summed E-state index contributed by atoms with van der Waals surface area (Å²) in [6.07, 6.45) is 8.22. The number of piperidine rings is 1. The Bertz CT molecular complexity index is 2130. The fourth-order valence-corrected chi connectivity index (χ4v) is 7.15. The van der Waals surface area contributed by atoms with Crippen molar-refractivity contribution in [3.05, 3.63) is 65.1 Å². The maximum absolute atomic E-state index is 13.8. The zero-order chi connectivity index (χ0) is 38.5. The van der Waals surface area contributed by atoms with Crippen LogP contribution in [0, 0.1) is 6.92 Å². The number of hydrogen-bond donors (Lipinski definition) is 2. The molecule has 2 aromatic heterocycles. The molecular weight excluding hydrogens is 697 g/mol. The van der Waals surface area contributed by atoms with Gasteiger partial charge in [0.25, 0.3) is 5.91 Å². The first-order valence-electron chi connectivity index (χ1n) is 17.9. The van der Waals surface area contributed by atoms with Gasteiger partial charge in [0.1, 0.15) is 11.3 Å². The largest absolute Gasteiger partial charge is 0.492 e. The molecule has 1 saturated carbocycles. The minimum Gasteiger partial charge on any atom is -0.492 e. The van der Waals surface area contributed by atoms with Gasteiger partial charge in [-0.25, -0.2) is 17.9 Å². The summed E-state index contributed by atoms with van der Waals surface area (Å²) in [5.41, 5.74) is 5.09. The topological polar surface area (TPSA) is 163 Å². The molecule has 2 fully saturated rings. The summed E-state index contributed by atoms with van der Waals surface area (Å²) in [5, 5.41) is 16.8. The van der Waals surface area contributed by atoms with Crippen LogP contribution < -0.4 is 14.8 Å². The standard InChI is InChI=1S/C38H50N8O6S/c1-23-10-11-25(35(47)40-29-19-26(37(2,3)4)20-30(34(29)51-8)42-53(9,49)50)18-32(23)45-22-31(41-43-45)28-21-39-46(27-12-13-27)33(28)24-14-16-44(17-15-24)36(48)52-38(5,6)7/h10-11,18-22,24,27,42H,12-17H2,1-9H3,(H,40,47). The molecule has 1 aliphatic heterocycles. The molecule has 0 bridgehead atoms. The number of methoxy groups -OCH3 is 1. The predicted octanol–water partition coefficient (Wildman–Crippen LogP) is 6.82. The number of ether oxygens (including phenoxy) is 2. The SMILES string of the molecule is COc1c(NC(=O)c2ccc(C)c(-n3cc(-c4cnn(C5CC5)c4C4CCN(C(=O)OC(C)(C)C)CC4)nn3)c2)cc(C(C)(C)C)cc1NS(C)(=O)=O. The summed E-state index contributed by atoms with van der Waals surface area (Å²) in [5.74, 6) is -0.0253. The third kappa shape index (κ3) is 8.66. The van der Waals surface area contributed by atoms with E-state index in [1.807, 2.05) is 66.9 Å². The molecule has 0 atom stereocenters. The zero-order valence-corrected chi connectivity index (χ0v) is 32.8. The monoisotopic (exact) mass is 746 g/mol. The summed E-state index contributed by atoms with van der Waals surface area (Å²) in [7, 11) is -2.21. The number of anilines is 2. The highest BCUT2D eigenvalue weighted by molar-refractivity contribution is 7.92. The van der Waals surface area contributed by atoms with Crippen LogP contribution in [0.25, 0.3) is 16.9 Å². The molecule has 4 aromatic rings. The van der Waals surface area contributed by atoms with E-state index in [1.165, 1.54) is 7.11 Å². The number of nitrogens with one attached hydrogen (secondary N) is 2. The Balaban J connectivity index is 1.26. The van der Waals surface area contributed by atoms with Gasteiger partial charge in [-0.15, -0.1) is 5.10 Å². The molecule has 3 heterocycles. The normalized spacial score (nSPS) is 15.7. The molecule has 6 rings (SSSR count). The van der Waals surface area contributed by atoms with Crippen molar-refractivity contribution in [2.75, 3.05) is 36.5 Å². The number of benzene rings is 2. The predicted molar refractivity (Wildman–Crippen MR) is 203 cm³/mol. The van der Waals surface area contributed by atoms with E-state index in [4.69, 9.17) is 14.6 Å². The lowest BCUT2D eigenvalue weighted by Gasteiger charge is -2.34. The van der Waals surface area contributed by atoms with Crippen molar-refractivity contribution in [2.24, 2.45) is 0 Å². The molecule has 2 N–H and O–H groups in total. The van der Waals surface area contributed by atoms with Crippen LogP contribution in [-0.2, 0) is 20.2 Å². The molecule has 1 aliphatic carbocycles. The Labute approximate surface area is 311 Å². The molecule has 0 spiro atoms. The Morgan fingerprint density at radius 2 is 1.64 bits per heavy atom. The molecule has 0 unspecified atom stereocenters. The van der Waals surface area contributed by atoms with Gasteiger partial charge in [0.2, 0.25) is 10.0 Å². The molecule has 0 radical (unpaired) electrons. The fraction of sp³-hybridized carbons (Fsp3) is 0.500. The third-order valence-electron chi connectivity index (χ3n) is 9.45. The molecule has 2 aromatic carbocycles. The highest BCUT2D eigenvalue weighted by atomic mass is 32.2. The fourth-order valence-electron chi connectivity index (χ4n) is 6.60. The van der Waals surface area contributed by atoms with Crippen LogP contribution >= 0.6 is 0 Å². The van der Waals surface area contributed by atoms with Gasteiger partial charge in [-0.2, -0.15) is 5.10 Å². The smallest absolute Gasteiger partial charge is 0.410 e. The van der Waals surface area contributed by atoms with Crippen LogP contribution in [0.3, 0.4) is 0 Å². The van der Waals surface area contributed by atoms with Crippen LogP contribution in [0.5, 0.6) is 5.75 Å². The van der Waals surface area contributed by atoms with E-state index < -0.39 is 21.5 Å². The number of carbonyl (C=O) groups excluding carboxylic acids is 2. The van der Waals surface area contributed by atoms with Crippen molar-refractivity contribution < 1.29 is 27.5 Å². The van der Waals surface area contributed by atoms with Crippen LogP contribution in [0.15, 0.2) is 42.7 Å². The molecule has 2 amide bonds. The van der Waals surface area contributed by atoms with Gasteiger partial charge in [-0.1, -0.05) is 32.1 Å². The number of likely N-dealkylation sites (tertiary alicyclic amines) is 1. The molecule has 53 heavy (non-hydrogen) atoms. The first-order chi connectivity index (χ1) is 24.8. The Hall–Kier alpha value is -4.92. The van der Waals surface area contributed by atoms with Gasteiger partial charge in [0.15, 0.2) is 5.75 Å². The quantitative estimate of drug-likeness (QED) is 0.187. The second-order valence-corrected chi connectivity index (χ2v) is 17.8. The van der Waals surface area contributed by atoms with Crippen molar-refractivity contribution in [3.8, 4) is 22.7 Å². The van der Waals surface area contributed by atoms with Gasteiger partial charge >= 0.3 is 6.09 Å². The van der Waals surface area contributed by atoms with Crippen molar-refractivity contribution in [1.82, 2.24) is 29.7 Å². The lowest BCUT2D eigenvalue weighted by molar-refractivity contribution is 0.0203. The number of nitrogens with zero attached hydrogens (tertiary/aromatic N) is 6. The Morgan fingerprint density at radius 3 is 2.25 bits per heavy atom. The molecule has 284 valence electrons. The van der Waals surface area contributed by atoms with E-state index >= 15 is 0 Å². The van der Waals surface area contributed by atoms with Crippen molar-refractivity contribution in [3.63, 3.8) is 0 Å². The molecule has 15 heteroatoms. The number of amides is 2. The number of rotatable bonds is 9. The van der Waals surface area contributed by atoms with E-state index in [1.54, 1.807) is 33.8 Å². The average Bonchev–Trinajstić information content (AvgIpc) is 3.62. The molecular formula is C38H50N8O6S. The highest BCUT2D eigenvalue weighted by Crippen LogP contribution is 2.43. The lowest BCUT2D eigenvalue weighted by atomic mass is 9.86. The second kappa shape index (κ2) is 14.1. The van der Waals surface area contributed by atoms with Crippen LogP contribution in [0.1, 0.15) is 106 Å². The van der Waals surface area contributed by atoms with Gasteiger partial charge in [-0.3, -0.25) is 14.2 Å². The van der Waals surface area contributed by atoms with Crippen molar-refractivity contribution in [2.45, 2.75) is 97.1 Å². The molecule has 1 saturated heterocycles. The summed E-state index contributed by atoms with van der Waals surface area (Å²) >= 11 is 0. The van der Waals surface area contributed by atoms with Crippen LogP contribution in [0.2, 0.25) is 0 Å². The summed E-state index contributed by atoms with van der Waals surface area (Å²) in [4.78, 5) is 28.3. The molecule has 2 aliphatic rings. The summed E-state index contributed by atoms with van der Waals surface area (Å²) in [6.45, 7) is 14.7. The van der Waals surface area contributed by atoms with E-state index in [-0.39, 0.29) is 28.9 Å². The molecule has 14 nitrogen and oxygen atoms in total. The number of aryl methyl sites for hydroxylation is 1. The number of aromatic nitrogens is 5. The van der Waals surface area contributed by atoms with E-state index in [9.17, 15) is 18.0 Å². The van der Waals surface area contributed by atoms with Gasteiger partial charge in [0, 0.05) is 30.1 Å². The number of sulfonamides is 1. The number of hydrogen-bond acceptors (Lipinski definition) is 9.